The molecule has 0 aliphatic carbocycles. The summed E-state index contributed by atoms with van der Waals surface area (Å²) in [4.78, 5) is 15.9. The number of carbonyl (C=O) groups is 1. The standard InChI is InChI=1S/C13H11Cl2NO2/c1-3-18-13(17)9-6-16-12-8(11(9)15)5-4-7(2)10(12)14/h4-6H,3H2,1-2H3. The molecule has 1 aromatic carbocycles. The van der Waals surface area contributed by atoms with Crippen molar-refractivity contribution in [1.29, 1.82) is 0 Å². The summed E-state index contributed by atoms with van der Waals surface area (Å²) in [5.41, 5.74) is 1.76. The van der Waals surface area contributed by atoms with Crippen molar-refractivity contribution in [2.75, 3.05) is 6.61 Å². The van der Waals surface area contributed by atoms with Crippen molar-refractivity contribution in [2.24, 2.45) is 0 Å². The van der Waals surface area contributed by atoms with Crippen molar-refractivity contribution in [3.05, 3.63) is 39.5 Å². The van der Waals surface area contributed by atoms with Gasteiger partial charge in [0.2, 0.25) is 0 Å². The van der Waals surface area contributed by atoms with E-state index >= 15 is 0 Å². The van der Waals surface area contributed by atoms with E-state index in [-0.39, 0.29) is 5.56 Å². The molecule has 0 fully saturated rings. The van der Waals surface area contributed by atoms with Gasteiger partial charge in [0.15, 0.2) is 0 Å². The van der Waals surface area contributed by atoms with E-state index in [1.54, 1.807) is 13.0 Å². The monoisotopic (exact) mass is 283 g/mol. The van der Waals surface area contributed by atoms with Gasteiger partial charge in [0.05, 0.1) is 27.7 Å². The lowest BCUT2D eigenvalue weighted by atomic mass is 10.1. The Morgan fingerprint density at radius 2 is 2.06 bits per heavy atom. The second-order valence-electron chi connectivity index (χ2n) is 3.80. The number of nitrogens with zero attached hydrogens (tertiary/aromatic N) is 1. The molecule has 3 nitrogen and oxygen atoms in total. The van der Waals surface area contributed by atoms with E-state index in [2.05, 4.69) is 4.98 Å². The second-order valence-corrected chi connectivity index (χ2v) is 4.55. The van der Waals surface area contributed by atoms with Crippen LogP contribution < -0.4 is 0 Å². The minimum atomic E-state index is -0.478. The molecule has 0 aliphatic rings. The van der Waals surface area contributed by atoms with Crippen LogP contribution in [0.1, 0.15) is 22.8 Å². The number of halogens is 2. The van der Waals surface area contributed by atoms with Crippen LogP contribution in [-0.4, -0.2) is 17.6 Å². The number of hydrogen-bond acceptors (Lipinski definition) is 3. The predicted molar refractivity (Wildman–Crippen MR) is 72.5 cm³/mol. The van der Waals surface area contributed by atoms with Gasteiger partial charge in [-0.05, 0) is 19.4 Å². The first kappa shape index (κ1) is 13.1. The average Bonchev–Trinajstić information content (AvgIpc) is 2.34. The van der Waals surface area contributed by atoms with E-state index in [1.165, 1.54) is 6.20 Å². The third-order valence-corrected chi connectivity index (χ3v) is 3.48. The molecule has 0 N–H and O–H groups in total. The van der Waals surface area contributed by atoms with Gasteiger partial charge >= 0.3 is 5.97 Å². The molecule has 0 saturated heterocycles. The fourth-order valence-electron chi connectivity index (χ4n) is 1.65. The van der Waals surface area contributed by atoms with Gasteiger partial charge in [0, 0.05) is 11.6 Å². The highest BCUT2D eigenvalue weighted by Gasteiger charge is 2.16. The van der Waals surface area contributed by atoms with E-state index < -0.39 is 5.97 Å². The minimum Gasteiger partial charge on any atom is -0.462 e. The molecule has 2 aromatic rings. The molecule has 0 saturated carbocycles. The molecular formula is C13H11Cl2NO2. The third kappa shape index (κ3) is 2.16. The van der Waals surface area contributed by atoms with Crippen LogP contribution in [0.25, 0.3) is 10.9 Å². The lowest BCUT2D eigenvalue weighted by molar-refractivity contribution is 0.0526. The normalized spacial score (nSPS) is 10.7. The topological polar surface area (TPSA) is 39.2 Å². The fourth-order valence-corrected chi connectivity index (χ4v) is 2.14. The molecule has 1 aromatic heterocycles. The Kier molecular flexibility index (Phi) is 3.73. The number of esters is 1. The van der Waals surface area contributed by atoms with Crippen LogP contribution in [0.3, 0.4) is 0 Å². The number of carbonyl (C=O) groups excluding carboxylic acids is 1. The second kappa shape index (κ2) is 5.12. The summed E-state index contributed by atoms with van der Waals surface area (Å²) >= 11 is 12.4. The van der Waals surface area contributed by atoms with E-state index in [9.17, 15) is 4.79 Å². The SMILES string of the molecule is CCOC(=O)c1cnc2c(Cl)c(C)ccc2c1Cl. The molecule has 0 spiro atoms. The van der Waals surface area contributed by atoms with Crippen molar-refractivity contribution in [3.8, 4) is 0 Å². The maximum atomic E-state index is 11.7. The zero-order valence-electron chi connectivity index (χ0n) is 9.96. The molecule has 0 bridgehead atoms. The van der Waals surface area contributed by atoms with Crippen molar-refractivity contribution in [2.45, 2.75) is 13.8 Å². The first-order valence-corrected chi connectivity index (χ1v) is 6.22. The van der Waals surface area contributed by atoms with Crippen molar-refractivity contribution < 1.29 is 9.53 Å². The van der Waals surface area contributed by atoms with Gasteiger partial charge in [-0.25, -0.2) is 4.79 Å². The number of hydrogen-bond donors (Lipinski definition) is 0. The summed E-state index contributed by atoms with van der Waals surface area (Å²) in [6.45, 7) is 3.92. The molecule has 94 valence electrons. The number of rotatable bonds is 2. The molecule has 0 radical (unpaired) electrons. The zero-order valence-corrected chi connectivity index (χ0v) is 11.5. The van der Waals surface area contributed by atoms with Crippen LogP contribution in [0, 0.1) is 6.92 Å². The maximum Gasteiger partial charge on any atom is 0.341 e. The summed E-state index contributed by atoms with van der Waals surface area (Å²) in [5.74, 6) is -0.478. The van der Waals surface area contributed by atoms with E-state index in [1.807, 2.05) is 13.0 Å². The first-order valence-electron chi connectivity index (χ1n) is 5.46. The van der Waals surface area contributed by atoms with E-state index in [0.717, 1.165) is 5.56 Å². The average molecular weight is 284 g/mol. The molecule has 18 heavy (non-hydrogen) atoms. The Balaban J connectivity index is 2.65. The Morgan fingerprint density at radius 3 is 2.72 bits per heavy atom. The Morgan fingerprint density at radius 1 is 1.33 bits per heavy atom. The molecule has 0 amide bonds. The highest BCUT2D eigenvalue weighted by atomic mass is 35.5. The Bertz CT molecular complexity index is 626. The van der Waals surface area contributed by atoms with Gasteiger partial charge in [-0.1, -0.05) is 35.3 Å². The number of aromatic nitrogens is 1. The summed E-state index contributed by atoms with van der Waals surface area (Å²) in [6.07, 6.45) is 1.40. The summed E-state index contributed by atoms with van der Waals surface area (Å²) in [6, 6.07) is 3.64. The van der Waals surface area contributed by atoms with Gasteiger partial charge in [-0.15, -0.1) is 0 Å². The molecule has 0 aliphatic heterocycles. The summed E-state index contributed by atoms with van der Waals surface area (Å²) in [7, 11) is 0. The number of benzene rings is 1. The van der Waals surface area contributed by atoms with Gasteiger partial charge < -0.3 is 4.74 Å². The Labute approximate surface area is 115 Å². The highest BCUT2D eigenvalue weighted by molar-refractivity contribution is 6.41. The number of fused-ring (bicyclic) bond motifs is 1. The van der Waals surface area contributed by atoms with Gasteiger partial charge in [-0.2, -0.15) is 0 Å². The first-order chi connectivity index (χ1) is 8.56. The molecular weight excluding hydrogens is 273 g/mol. The number of ether oxygens (including phenoxy) is 1. The van der Waals surface area contributed by atoms with Crippen LogP contribution in [0.4, 0.5) is 0 Å². The van der Waals surface area contributed by atoms with Crippen molar-refractivity contribution in [1.82, 2.24) is 4.98 Å². The molecule has 0 unspecified atom stereocenters. The van der Waals surface area contributed by atoms with E-state index in [0.29, 0.717) is 27.6 Å². The number of aryl methyl sites for hydroxylation is 1. The van der Waals surface area contributed by atoms with Crippen molar-refractivity contribution >= 4 is 40.1 Å². The van der Waals surface area contributed by atoms with Gasteiger partial charge in [0.25, 0.3) is 0 Å². The molecule has 5 heteroatoms. The predicted octanol–water partition coefficient (Wildman–Crippen LogP) is 4.03. The molecule has 2 rings (SSSR count). The maximum absolute atomic E-state index is 11.7. The van der Waals surface area contributed by atoms with Crippen LogP contribution in [0.15, 0.2) is 18.3 Å². The molecule has 1 heterocycles. The smallest absolute Gasteiger partial charge is 0.341 e. The summed E-state index contributed by atoms with van der Waals surface area (Å²) < 4.78 is 4.92. The van der Waals surface area contributed by atoms with Gasteiger partial charge in [0.1, 0.15) is 0 Å². The Hall–Kier alpha value is -1.32. The molecule has 0 atom stereocenters. The van der Waals surface area contributed by atoms with Crippen molar-refractivity contribution in [3.63, 3.8) is 0 Å². The van der Waals surface area contributed by atoms with Crippen LogP contribution in [0.2, 0.25) is 10.0 Å². The number of pyridine rings is 1. The highest BCUT2D eigenvalue weighted by Crippen LogP contribution is 2.32. The minimum absolute atomic E-state index is 0.255. The van der Waals surface area contributed by atoms with Crippen LogP contribution in [-0.2, 0) is 4.74 Å². The van der Waals surface area contributed by atoms with Crippen LogP contribution in [0.5, 0.6) is 0 Å². The fraction of sp³-hybridized carbons (Fsp3) is 0.231. The van der Waals surface area contributed by atoms with Crippen LogP contribution >= 0.6 is 23.2 Å². The quantitative estimate of drug-likeness (QED) is 0.782. The largest absolute Gasteiger partial charge is 0.462 e. The zero-order chi connectivity index (χ0) is 13.3. The van der Waals surface area contributed by atoms with E-state index in [4.69, 9.17) is 27.9 Å². The van der Waals surface area contributed by atoms with Gasteiger partial charge in [-0.3, -0.25) is 4.98 Å². The third-order valence-electron chi connectivity index (χ3n) is 2.60. The summed E-state index contributed by atoms with van der Waals surface area (Å²) in [5, 5.41) is 1.52. The lowest BCUT2D eigenvalue weighted by Gasteiger charge is -2.08. The lowest BCUT2D eigenvalue weighted by Crippen LogP contribution is -2.06.